The van der Waals surface area contributed by atoms with Gasteiger partial charge in [-0.05, 0) is 25.7 Å². The number of rotatable bonds is 6. The van der Waals surface area contributed by atoms with Crippen LogP contribution in [0.4, 0.5) is 0 Å². The molecule has 7 nitrogen and oxygen atoms in total. The van der Waals surface area contributed by atoms with Crippen molar-refractivity contribution in [2.75, 3.05) is 7.11 Å². The molecule has 2 heterocycles. The van der Waals surface area contributed by atoms with Crippen LogP contribution in [0.5, 0.6) is 0 Å². The minimum absolute atomic E-state index is 0.0979. The van der Waals surface area contributed by atoms with Crippen molar-refractivity contribution < 1.29 is 33.6 Å². The van der Waals surface area contributed by atoms with E-state index in [0.29, 0.717) is 25.7 Å². The van der Waals surface area contributed by atoms with Crippen LogP contribution in [0.1, 0.15) is 64.7 Å². The topological polar surface area (TPSA) is 91.3 Å². The molecule has 27 heavy (non-hydrogen) atoms. The first-order valence-electron chi connectivity index (χ1n) is 10.2. The van der Waals surface area contributed by atoms with Crippen LogP contribution in [0.15, 0.2) is 0 Å². The second-order valence-corrected chi connectivity index (χ2v) is 8.14. The van der Waals surface area contributed by atoms with Gasteiger partial charge in [-0.15, -0.1) is 0 Å². The van der Waals surface area contributed by atoms with Crippen LogP contribution in [-0.4, -0.2) is 60.8 Å². The number of hydrogen-bond acceptors (Lipinski definition) is 7. The molecule has 154 valence electrons. The molecule has 0 aromatic heterocycles. The quantitative estimate of drug-likeness (QED) is 0.426. The van der Waals surface area contributed by atoms with E-state index in [-0.39, 0.29) is 48.8 Å². The molecule has 2 aliphatic heterocycles. The summed E-state index contributed by atoms with van der Waals surface area (Å²) >= 11 is 0. The lowest BCUT2D eigenvalue weighted by molar-refractivity contribution is -0.321. The Hall–Kier alpha value is -1.02. The number of hydrogen-bond donors (Lipinski definition) is 1. The van der Waals surface area contributed by atoms with Gasteiger partial charge >= 0.3 is 5.97 Å². The lowest BCUT2D eigenvalue weighted by Gasteiger charge is -2.51. The highest BCUT2D eigenvalue weighted by atomic mass is 16.7. The first-order chi connectivity index (χ1) is 13.0. The van der Waals surface area contributed by atoms with Crippen molar-refractivity contribution >= 4 is 12.3 Å². The highest BCUT2D eigenvalue weighted by molar-refractivity contribution is 5.69. The summed E-state index contributed by atoms with van der Waals surface area (Å²) in [5.74, 6) is -1.55. The Balaban J connectivity index is 1.76. The highest BCUT2D eigenvalue weighted by Gasteiger charge is 2.50. The van der Waals surface area contributed by atoms with E-state index in [0.717, 1.165) is 32.0 Å². The Labute approximate surface area is 160 Å². The van der Waals surface area contributed by atoms with E-state index in [1.54, 1.807) is 0 Å². The van der Waals surface area contributed by atoms with E-state index in [2.05, 4.69) is 0 Å². The van der Waals surface area contributed by atoms with Crippen LogP contribution in [0.25, 0.3) is 0 Å². The fourth-order valence-electron chi connectivity index (χ4n) is 4.62. The summed E-state index contributed by atoms with van der Waals surface area (Å²) in [7, 11) is 1.37. The largest absolute Gasteiger partial charge is 0.469 e. The summed E-state index contributed by atoms with van der Waals surface area (Å²) in [4.78, 5) is 22.7. The molecule has 0 radical (unpaired) electrons. The zero-order chi connectivity index (χ0) is 19.4. The summed E-state index contributed by atoms with van der Waals surface area (Å²) in [6.07, 6.45) is 5.55. The average molecular weight is 384 g/mol. The maximum atomic E-state index is 11.6. The zero-order valence-corrected chi connectivity index (χ0v) is 16.3. The number of aldehydes is 1. The number of carbonyl (C=O) groups is 2. The van der Waals surface area contributed by atoms with Gasteiger partial charge in [0.2, 0.25) is 0 Å². The van der Waals surface area contributed by atoms with Gasteiger partial charge in [-0.25, -0.2) is 0 Å². The van der Waals surface area contributed by atoms with Gasteiger partial charge in [0.05, 0.1) is 37.9 Å². The third-order valence-electron chi connectivity index (χ3n) is 6.21. The second-order valence-electron chi connectivity index (χ2n) is 8.14. The summed E-state index contributed by atoms with van der Waals surface area (Å²) in [5, 5.41) is 10.9. The van der Waals surface area contributed by atoms with Crippen molar-refractivity contribution in [1.29, 1.82) is 0 Å². The maximum Gasteiger partial charge on any atom is 0.308 e. The highest BCUT2D eigenvalue weighted by Crippen LogP contribution is 2.41. The van der Waals surface area contributed by atoms with Gasteiger partial charge in [0.15, 0.2) is 5.79 Å². The predicted octanol–water partition coefficient (Wildman–Crippen LogP) is 2.13. The molecule has 1 aliphatic carbocycles. The van der Waals surface area contributed by atoms with Crippen molar-refractivity contribution in [1.82, 2.24) is 0 Å². The lowest BCUT2D eigenvalue weighted by Crippen LogP contribution is -2.60. The molecule has 2 saturated heterocycles. The number of methoxy groups -OCH3 is 1. The van der Waals surface area contributed by atoms with Crippen molar-refractivity contribution in [3.63, 3.8) is 0 Å². The van der Waals surface area contributed by atoms with E-state index in [1.165, 1.54) is 7.11 Å². The third kappa shape index (κ3) is 4.88. The van der Waals surface area contributed by atoms with Gasteiger partial charge in [0.1, 0.15) is 12.4 Å². The summed E-state index contributed by atoms with van der Waals surface area (Å²) < 4.78 is 23.4. The molecule has 1 N–H and O–H groups in total. The summed E-state index contributed by atoms with van der Waals surface area (Å²) in [6, 6.07) is 0. The Morgan fingerprint density at radius 1 is 1.22 bits per heavy atom. The third-order valence-corrected chi connectivity index (χ3v) is 6.21. The molecule has 1 saturated carbocycles. The van der Waals surface area contributed by atoms with Crippen molar-refractivity contribution in [3.05, 3.63) is 0 Å². The SMILES string of the molecule is COC(=O)CC1CCC2O[C@@H](CC=O)[C@@H](C)C(OC3(O)CCCCC3)[C@H]2O1. The van der Waals surface area contributed by atoms with Crippen LogP contribution in [0.3, 0.4) is 0 Å². The molecule has 3 unspecified atom stereocenters. The van der Waals surface area contributed by atoms with E-state index in [9.17, 15) is 14.7 Å². The fourth-order valence-corrected chi connectivity index (χ4v) is 4.62. The monoisotopic (exact) mass is 384 g/mol. The molecule has 6 atom stereocenters. The smallest absolute Gasteiger partial charge is 0.308 e. The van der Waals surface area contributed by atoms with Crippen LogP contribution >= 0.6 is 0 Å². The maximum absolute atomic E-state index is 11.6. The molecule has 7 heteroatoms. The first kappa shape index (κ1) is 20.7. The first-order valence-corrected chi connectivity index (χ1v) is 10.2. The Kier molecular flexibility index (Phi) is 6.89. The molecular formula is C20H32O7. The normalized spacial score (nSPS) is 38.6. The van der Waals surface area contributed by atoms with E-state index < -0.39 is 5.79 Å². The standard InChI is InChI=1S/C20H32O7/c1-13-15(8-11-21)26-16-7-6-14(12-17(22)24-2)25-19(16)18(13)27-20(23)9-4-3-5-10-20/h11,13-16,18-19,23H,3-10,12H2,1-2H3/t13-,14?,15+,16?,18?,19+/m1/s1. The number of aliphatic hydroxyl groups is 1. The number of carbonyl (C=O) groups excluding carboxylic acids is 2. The van der Waals surface area contributed by atoms with E-state index in [4.69, 9.17) is 18.9 Å². The molecule has 0 spiro atoms. The van der Waals surface area contributed by atoms with Gasteiger partial charge in [0, 0.05) is 25.2 Å². The number of fused-ring (bicyclic) bond motifs is 1. The predicted molar refractivity (Wildman–Crippen MR) is 95.9 cm³/mol. The van der Waals surface area contributed by atoms with Crippen LogP contribution in [-0.2, 0) is 28.5 Å². The second kappa shape index (κ2) is 8.99. The molecule has 3 fully saturated rings. The van der Waals surface area contributed by atoms with Crippen LogP contribution in [0, 0.1) is 5.92 Å². The van der Waals surface area contributed by atoms with Gasteiger partial charge < -0.3 is 28.8 Å². The van der Waals surface area contributed by atoms with Gasteiger partial charge in [-0.1, -0.05) is 13.3 Å². The van der Waals surface area contributed by atoms with Crippen molar-refractivity contribution in [2.24, 2.45) is 5.92 Å². The van der Waals surface area contributed by atoms with Gasteiger partial charge in [-0.2, -0.15) is 0 Å². The van der Waals surface area contributed by atoms with E-state index >= 15 is 0 Å². The number of esters is 1. The molecule has 0 aromatic rings. The summed E-state index contributed by atoms with van der Waals surface area (Å²) in [6.45, 7) is 1.98. The minimum Gasteiger partial charge on any atom is -0.469 e. The Bertz CT molecular complexity index is 516. The summed E-state index contributed by atoms with van der Waals surface area (Å²) in [5.41, 5.74) is 0. The molecular weight excluding hydrogens is 352 g/mol. The molecule has 0 bridgehead atoms. The Morgan fingerprint density at radius 3 is 2.63 bits per heavy atom. The molecule has 3 rings (SSSR count). The van der Waals surface area contributed by atoms with Crippen molar-refractivity contribution in [2.45, 2.75) is 101 Å². The average Bonchev–Trinajstić information content (AvgIpc) is 2.66. The molecule has 0 aromatic carbocycles. The Morgan fingerprint density at radius 2 is 1.96 bits per heavy atom. The van der Waals surface area contributed by atoms with Crippen LogP contribution in [0.2, 0.25) is 0 Å². The number of ether oxygens (including phenoxy) is 4. The lowest BCUT2D eigenvalue weighted by atomic mass is 9.82. The zero-order valence-electron chi connectivity index (χ0n) is 16.3. The fraction of sp³-hybridized carbons (Fsp3) is 0.900. The van der Waals surface area contributed by atoms with E-state index in [1.807, 2.05) is 6.92 Å². The molecule has 0 amide bonds. The van der Waals surface area contributed by atoms with Crippen molar-refractivity contribution in [3.8, 4) is 0 Å². The molecule has 3 aliphatic rings. The van der Waals surface area contributed by atoms with Gasteiger partial charge in [-0.3, -0.25) is 4.79 Å². The van der Waals surface area contributed by atoms with Crippen LogP contribution < -0.4 is 0 Å². The van der Waals surface area contributed by atoms with Gasteiger partial charge in [0.25, 0.3) is 0 Å². The minimum atomic E-state index is -1.15.